The molecule has 26 heavy (non-hydrogen) atoms. The smallest absolute Gasteiger partial charge is 0.335 e. The third kappa shape index (κ3) is 3.25. The zero-order chi connectivity index (χ0) is 18.1. The Balaban J connectivity index is 1.65. The number of hydrogen-bond acceptors (Lipinski definition) is 5. The Morgan fingerprint density at radius 3 is 2.96 bits per heavy atom. The molecule has 0 fully saturated rings. The highest BCUT2D eigenvalue weighted by Crippen LogP contribution is 2.34. The number of aryl methyl sites for hydroxylation is 1. The fraction of sp³-hybridized carbons (Fsp3) is 0.200. The summed E-state index contributed by atoms with van der Waals surface area (Å²) in [6, 6.07) is 13.4. The van der Waals surface area contributed by atoms with E-state index in [4.69, 9.17) is 14.5 Å². The number of fused-ring (bicyclic) bond motifs is 2. The summed E-state index contributed by atoms with van der Waals surface area (Å²) in [5.74, 6) is 0.351. The Hall–Kier alpha value is -2.57. The van der Waals surface area contributed by atoms with Gasteiger partial charge >= 0.3 is 5.97 Å². The molecular formula is C20H17NO4S. The highest BCUT2D eigenvalue weighted by molar-refractivity contribution is 7.98. The van der Waals surface area contributed by atoms with E-state index in [0.29, 0.717) is 12.4 Å². The summed E-state index contributed by atoms with van der Waals surface area (Å²) in [5, 5.41) is 11.4. The standard InChI is InChI=1S/C20H17NO4S/c1-12-6-18(21-17-5-3-2-4-16(12)17)26-10-15-8-13(20(22)23)7-14-9-24-11-25-19(14)15/h2-8H,9-11H2,1H3,(H,22,23). The van der Waals surface area contributed by atoms with Gasteiger partial charge in [-0.25, -0.2) is 9.78 Å². The van der Waals surface area contributed by atoms with Crippen LogP contribution in [0.1, 0.15) is 27.0 Å². The molecule has 0 radical (unpaired) electrons. The molecule has 0 amide bonds. The minimum absolute atomic E-state index is 0.185. The van der Waals surface area contributed by atoms with E-state index < -0.39 is 5.97 Å². The molecule has 0 bridgehead atoms. The van der Waals surface area contributed by atoms with Crippen molar-refractivity contribution >= 4 is 28.6 Å². The topological polar surface area (TPSA) is 68.7 Å². The largest absolute Gasteiger partial charge is 0.478 e. The van der Waals surface area contributed by atoms with Crippen molar-refractivity contribution in [2.75, 3.05) is 6.79 Å². The molecule has 0 unspecified atom stereocenters. The summed E-state index contributed by atoms with van der Waals surface area (Å²) in [7, 11) is 0. The molecule has 0 saturated carbocycles. The lowest BCUT2D eigenvalue weighted by atomic mass is 10.0. The molecular weight excluding hydrogens is 350 g/mol. The zero-order valence-electron chi connectivity index (χ0n) is 14.2. The minimum atomic E-state index is -0.954. The van der Waals surface area contributed by atoms with Gasteiger partial charge in [0.25, 0.3) is 0 Å². The van der Waals surface area contributed by atoms with Crippen molar-refractivity contribution in [1.82, 2.24) is 4.98 Å². The van der Waals surface area contributed by atoms with Gasteiger partial charge in [-0.3, -0.25) is 0 Å². The first-order valence-corrected chi connectivity index (χ1v) is 9.19. The van der Waals surface area contributed by atoms with Crippen LogP contribution in [0, 0.1) is 6.92 Å². The van der Waals surface area contributed by atoms with Crippen LogP contribution in [-0.2, 0) is 17.1 Å². The lowest BCUT2D eigenvalue weighted by Crippen LogP contribution is -2.14. The van der Waals surface area contributed by atoms with E-state index in [2.05, 4.69) is 19.1 Å². The van der Waals surface area contributed by atoms with Crippen molar-refractivity contribution in [1.29, 1.82) is 0 Å². The van der Waals surface area contributed by atoms with Crippen molar-refractivity contribution in [2.24, 2.45) is 0 Å². The molecule has 4 rings (SSSR count). The number of rotatable bonds is 4. The summed E-state index contributed by atoms with van der Waals surface area (Å²) in [6.45, 7) is 2.62. The highest BCUT2D eigenvalue weighted by Gasteiger charge is 2.19. The van der Waals surface area contributed by atoms with Crippen LogP contribution in [0.15, 0.2) is 47.5 Å². The molecule has 5 nitrogen and oxygen atoms in total. The number of nitrogens with zero attached hydrogens (tertiary/aromatic N) is 1. The average Bonchev–Trinajstić information content (AvgIpc) is 2.66. The SMILES string of the molecule is Cc1cc(SCc2cc(C(=O)O)cc3c2OCOC3)nc2ccccc12. The number of aromatic carboxylic acids is 1. The Morgan fingerprint density at radius 1 is 1.27 bits per heavy atom. The summed E-state index contributed by atoms with van der Waals surface area (Å²) in [5.41, 5.74) is 4.00. The monoisotopic (exact) mass is 367 g/mol. The predicted octanol–water partition coefficient (Wildman–Crippen LogP) is 4.40. The fourth-order valence-electron chi connectivity index (χ4n) is 3.07. The number of thioether (sulfide) groups is 1. The maximum atomic E-state index is 11.4. The quantitative estimate of drug-likeness (QED) is 0.689. The van der Waals surface area contributed by atoms with Crippen molar-refractivity contribution < 1.29 is 19.4 Å². The van der Waals surface area contributed by atoms with Crippen molar-refractivity contribution in [3.05, 3.63) is 64.7 Å². The van der Waals surface area contributed by atoms with Crippen LogP contribution in [0.25, 0.3) is 10.9 Å². The number of pyridine rings is 1. The van der Waals surface area contributed by atoms with Gasteiger partial charge in [-0.2, -0.15) is 0 Å². The van der Waals surface area contributed by atoms with Crippen LogP contribution < -0.4 is 4.74 Å². The van der Waals surface area contributed by atoms with Crippen molar-refractivity contribution in [3.63, 3.8) is 0 Å². The molecule has 0 saturated heterocycles. The summed E-state index contributed by atoms with van der Waals surface area (Å²) >= 11 is 1.57. The van der Waals surface area contributed by atoms with Gasteiger partial charge in [0.2, 0.25) is 0 Å². The molecule has 0 atom stereocenters. The number of carboxylic acid groups (broad SMARTS) is 1. The second-order valence-corrected chi connectivity index (χ2v) is 7.12. The summed E-state index contributed by atoms with van der Waals surface area (Å²) in [4.78, 5) is 16.1. The van der Waals surface area contributed by atoms with Gasteiger partial charge in [0.15, 0.2) is 6.79 Å². The molecule has 0 aliphatic carbocycles. The lowest BCUT2D eigenvalue weighted by molar-refractivity contribution is -0.0169. The van der Waals surface area contributed by atoms with Crippen LogP contribution in [0.4, 0.5) is 0 Å². The first-order valence-electron chi connectivity index (χ1n) is 8.20. The predicted molar refractivity (Wildman–Crippen MR) is 99.7 cm³/mol. The first kappa shape index (κ1) is 16.9. The Kier molecular flexibility index (Phi) is 4.53. The van der Waals surface area contributed by atoms with E-state index in [1.807, 2.05) is 18.2 Å². The van der Waals surface area contributed by atoms with Crippen molar-refractivity contribution in [3.8, 4) is 5.75 Å². The third-order valence-corrected chi connectivity index (χ3v) is 5.27. The first-order chi connectivity index (χ1) is 12.6. The normalized spacial score (nSPS) is 13.3. The molecule has 1 aliphatic heterocycles. The van der Waals surface area contributed by atoms with Gasteiger partial charge in [-0.05, 0) is 36.8 Å². The van der Waals surface area contributed by atoms with E-state index in [-0.39, 0.29) is 12.4 Å². The molecule has 6 heteroatoms. The van der Waals surface area contributed by atoms with E-state index >= 15 is 0 Å². The molecule has 1 aliphatic rings. The van der Waals surface area contributed by atoms with E-state index in [1.54, 1.807) is 23.9 Å². The van der Waals surface area contributed by atoms with E-state index in [0.717, 1.165) is 32.8 Å². The van der Waals surface area contributed by atoms with Gasteiger partial charge in [-0.1, -0.05) is 18.2 Å². The second kappa shape index (κ2) is 6.97. The van der Waals surface area contributed by atoms with Crippen LogP contribution in [0.2, 0.25) is 0 Å². The van der Waals surface area contributed by atoms with Gasteiger partial charge in [-0.15, -0.1) is 11.8 Å². The maximum Gasteiger partial charge on any atom is 0.335 e. The lowest BCUT2D eigenvalue weighted by Gasteiger charge is -2.21. The van der Waals surface area contributed by atoms with Crippen LogP contribution >= 0.6 is 11.8 Å². The summed E-state index contributed by atoms with van der Waals surface area (Å²) in [6.07, 6.45) is 0. The average molecular weight is 367 g/mol. The van der Waals surface area contributed by atoms with Crippen LogP contribution in [0.3, 0.4) is 0 Å². The van der Waals surface area contributed by atoms with Crippen LogP contribution in [0.5, 0.6) is 5.75 Å². The number of ether oxygens (including phenoxy) is 2. The fourth-order valence-corrected chi connectivity index (χ4v) is 4.01. The number of para-hydroxylation sites is 1. The molecule has 1 N–H and O–H groups in total. The van der Waals surface area contributed by atoms with Crippen LogP contribution in [-0.4, -0.2) is 22.9 Å². The second-order valence-electron chi connectivity index (χ2n) is 6.12. The number of carbonyl (C=O) groups is 1. The Bertz CT molecular complexity index is 1000. The molecule has 2 aromatic carbocycles. The van der Waals surface area contributed by atoms with E-state index in [9.17, 15) is 9.90 Å². The van der Waals surface area contributed by atoms with E-state index in [1.165, 1.54) is 5.56 Å². The van der Waals surface area contributed by atoms with Gasteiger partial charge in [0.05, 0.1) is 22.7 Å². The van der Waals surface area contributed by atoms with Crippen molar-refractivity contribution in [2.45, 2.75) is 24.3 Å². The van der Waals surface area contributed by atoms with Gasteiger partial charge in [0.1, 0.15) is 5.75 Å². The number of carboxylic acids is 1. The Labute approximate surface area is 155 Å². The molecule has 2 heterocycles. The minimum Gasteiger partial charge on any atom is -0.478 e. The number of aromatic nitrogens is 1. The molecule has 1 aromatic heterocycles. The molecule has 0 spiro atoms. The molecule has 3 aromatic rings. The number of benzene rings is 2. The molecule has 132 valence electrons. The summed E-state index contributed by atoms with van der Waals surface area (Å²) < 4.78 is 10.9. The maximum absolute atomic E-state index is 11.4. The highest BCUT2D eigenvalue weighted by atomic mass is 32.2. The van der Waals surface area contributed by atoms with Gasteiger partial charge < -0.3 is 14.6 Å². The number of hydrogen-bond donors (Lipinski definition) is 1. The van der Waals surface area contributed by atoms with Gasteiger partial charge in [0, 0.05) is 22.3 Å². The Morgan fingerprint density at radius 2 is 2.12 bits per heavy atom. The zero-order valence-corrected chi connectivity index (χ0v) is 15.0. The third-order valence-electron chi connectivity index (χ3n) is 4.31.